The van der Waals surface area contributed by atoms with E-state index in [0.29, 0.717) is 0 Å². The van der Waals surface area contributed by atoms with Gasteiger partial charge in [-0.2, -0.15) is 0 Å². The Hall–Kier alpha value is -0.960. The second-order valence-electron chi connectivity index (χ2n) is 3.71. The Morgan fingerprint density at radius 1 is 1.40 bits per heavy atom. The van der Waals surface area contributed by atoms with E-state index in [4.69, 9.17) is 0 Å². The summed E-state index contributed by atoms with van der Waals surface area (Å²) in [6.07, 6.45) is 2.27. The topological polar surface area (TPSA) is 40.1 Å². The second-order valence-corrected chi connectivity index (χ2v) is 6.18. The Balaban J connectivity index is 2.48. The van der Waals surface area contributed by atoms with Gasteiger partial charge in [0.15, 0.2) is 0 Å². The van der Waals surface area contributed by atoms with Crippen molar-refractivity contribution in [2.24, 2.45) is 0 Å². The maximum atomic E-state index is 10.5. The standard InChI is InChI=1S/C12H16O2S/c1-10(8-12(13)14)15(2)9-11-6-4-3-5-7-11/h3-7,10H,8-9H2,1-2H3. The summed E-state index contributed by atoms with van der Waals surface area (Å²) in [5.74, 6) is 0.00450. The highest BCUT2D eigenvalue weighted by Crippen LogP contribution is 2.13. The van der Waals surface area contributed by atoms with Crippen molar-refractivity contribution in [2.45, 2.75) is 24.3 Å². The molecule has 0 spiro atoms. The van der Waals surface area contributed by atoms with Crippen molar-refractivity contribution in [3.05, 3.63) is 35.9 Å². The molecule has 2 nitrogen and oxygen atoms in total. The number of rotatable bonds is 5. The summed E-state index contributed by atoms with van der Waals surface area (Å²) in [4.78, 5) is 10.5. The number of carboxylic acids is 1. The monoisotopic (exact) mass is 224 g/mol. The van der Waals surface area contributed by atoms with Gasteiger partial charge in [0.25, 0.3) is 0 Å². The summed E-state index contributed by atoms with van der Waals surface area (Å²) < 4.78 is 0. The molecule has 0 N–H and O–H groups in total. The van der Waals surface area contributed by atoms with Gasteiger partial charge >= 0.3 is 0 Å². The molecule has 0 fully saturated rings. The molecule has 1 aromatic carbocycles. The molecule has 0 saturated heterocycles. The minimum Gasteiger partial charge on any atom is -0.550 e. The summed E-state index contributed by atoms with van der Waals surface area (Å²) in [5.41, 5.74) is 1.27. The first kappa shape index (κ1) is 12.1. The Labute approximate surface area is 93.7 Å². The average Bonchev–Trinajstić information content (AvgIpc) is 2.18. The van der Waals surface area contributed by atoms with Crippen molar-refractivity contribution in [3.8, 4) is 0 Å². The van der Waals surface area contributed by atoms with Crippen LogP contribution in [0.1, 0.15) is 18.9 Å². The van der Waals surface area contributed by atoms with Crippen LogP contribution in [-0.4, -0.2) is 17.5 Å². The van der Waals surface area contributed by atoms with Crippen LogP contribution in [0.15, 0.2) is 30.3 Å². The Morgan fingerprint density at radius 2 is 2.00 bits per heavy atom. The lowest BCUT2D eigenvalue weighted by Crippen LogP contribution is -2.30. The maximum Gasteiger partial charge on any atom is 0.133 e. The Bertz CT molecular complexity index is 311. The maximum absolute atomic E-state index is 10.5. The predicted molar refractivity (Wildman–Crippen MR) is 62.5 cm³/mol. The van der Waals surface area contributed by atoms with Gasteiger partial charge in [-0.15, -0.1) is 0 Å². The third-order valence-corrected chi connectivity index (χ3v) is 4.71. The van der Waals surface area contributed by atoms with Crippen LogP contribution in [0.25, 0.3) is 0 Å². The quantitative estimate of drug-likeness (QED) is 0.699. The van der Waals surface area contributed by atoms with Crippen molar-refractivity contribution in [1.82, 2.24) is 0 Å². The van der Waals surface area contributed by atoms with Gasteiger partial charge in [-0.3, -0.25) is 0 Å². The van der Waals surface area contributed by atoms with Crippen molar-refractivity contribution < 1.29 is 9.90 Å². The molecule has 0 aliphatic rings. The molecule has 82 valence electrons. The zero-order valence-corrected chi connectivity index (χ0v) is 9.92. The fourth-order valence-corrected chi connectivity index (χ4v) is 2.78. The second kappa shape index (κ2) is 5.81. The highest BCUT2D eigenvalue weighted by atomic mass is 32.2. The summed E-state index contributed by atoms with van der Waals surface area (Å²) in [6, 6.07) is 10.2. The van der Waals surface area contributed by atoms with Crippen LogP contribution in [0.4, 0.5) is 0 Å². The van der Waals surface area contributed by atoms with Gasteiger partial charge in [0, 0.05) is 18.0 Å². The third kappa shape index (κ3) is 4.38. The van der Waals surface area contributed by atoms with Gasteiger partial charge in [-0.25, -0.2) is 0 Å². The van der Waals surface area contributed by atoms with Crippen LogP contribution in [0.5, 0.6) is 0 Å². The largest absolute Gasteiger partial charge is 0.550 e. The minimum atomic E-state index is -0.949. The SMILES string of the molecule is CC(CC(=O)[O-])[S+](C)Cc1ccccc1. The number of carboxylic acid groups (broad SMARTS) is 1. The molecule has 2 unspecified atom stereocenters. The third-order valence-electron chi connectivity index (χ3n) is 2.38. The zero-order chi connectivity index (χ0) is 11.3. The lowest BCUT2D eigenvalue weighted by atomic mass is 10.2. The molecular formula is C12H16O2S. The molecule has 0 bridgehead atoms. The van der Waals surface area contributed by atoms with E-state index in [-0.39, 0.29) is 22.6 Å². The minimum absolute atomic E-state index is 0.0928. The molecular weight excluding hydrogens is 208 g/mol. The summed E-state index contributed by atoms with van der Waals surface area (Å²) in [7, 11) is 0.0928. The van der Waals surface area contributed by atoms with Crippen LogP contribution in [-0.2, 0) is 21.4 Å². The van der Waals surface area contributed by atoms with E-state index >= 15 is 0 Å². The van der Waals surface area contributed by atoms with Crippen LogP contribution in [0.3, 0.4) is 0 Å². The molecule has 1 aromatic rings. The average molecular weight is 224 g/mol. The molecule has 0 radical (unpaired) electrons. The van der Waals surface area contributed by atoms with E-state index in [9.17, 15) is 9.90 Å². The first-order valence-electron chi connectivity index (χ1n) is 4.94. The Morgan fingerprint density at radius 3 is 2.53 bits per heavy atom. The van der Waals surface area contributed by atoms with Gasteiger partial charge in [-0.05, 0) is 17.8 Å². The van der Waals surface area contributed by atoms with Crippen LogP contribution < -0.4 is 5.11 Å². The van der Waals surface area contributed by atoms with Gasteiger partial charge in [0.2, 0.25) is 0 Å². The van der Waals surface area contributed by atoms with Gasteiger partial charge < -0.3 is 9.90 Å². The first-order valence-corrected chi connectivity index (χ1v) is 6.81. The summed E-state index contributed by atoms with van der Waals surface area (Å²) in [6.45, 7) is 1.97. The number of aliphatic carboxylic acids is 1. The highest BCUT2D eigenvalue weighted by molar-refractivity contribution is 7.96. The first-order chi connectivity index (χ1) is 7.09. The molecule has 2 atom stereocenters. The van der Waals surface area contributed by atoms with Crippen LogP contribution in [0, 0.1) is 0 Å². The molecule has 3 heteroatoms. The van der Waals surface area contributed by atoms with Gasteiger partial charge in [0.1, 0.15) is 11.0 Å². The van der Waals surface area contributed by atoms with Crippen molar-refractivity contribution in [2.75, 3.05) is 6.26 Å². The number of hydrogen-bond donors (Lipinski definition) is 0. The van der Waals surface area contributed by atoms with Crippen molar-refractivity contribution >= 4 is 16.9 Å². The van der Waals surface area contributed by atoms with Crippen LogP contribution in [0.2, 0.25) is 0 Å². The van der Waals surface area contributed by atoms with E-state index < -0.39 is 5.97 Å². The van der Waals surface area contributed by atoms with Crippen molar-refractivity contribution in [3.63, 3.8) is 0 Å². The molecule has 0 amide bonds. The van der Waals surface area contributed by atoms with Gasteiger partial charge in [-0.1, -0.05) is 30.3 Å². The van der Waals surface area contributed by atoms with E-state index in [1.807, 2.05) is 25.1 Å². The van der Waals surface area contributed by atoms with E-state index in [1.54, 1.807) is 0 Å². The van der Waals surface area contributed by atoms with Gasteiger partial charge in [0.05, 0.1) is 6.26 Å². The molecule has 0 heterocycles. The lowest BCUT2D eigenvalue weighted by molar-refractivity contribution is -0.305. The fourth-order valence-electron chi connectivity index (χ4n) is 1.36. The summed E-state index contributed by atoms with van der Waals surface area (Å²) in [5, 5.41) is 10.6. The molecule has 0 saturated carbocycles. The summed E-state index contributed by atoms with van der Waals surface area (Å²) >= 11 is 0. The molecule has 0 aliphatic heterocycles. The van der Waals surface area contributed by atoms with E-state index in [1.165, 1.54) is 5.56 Å². The molecule has 1 rings (SSSR count). The Kier molecular flexibility index (Phi) is 4.69. The normalized spacial score (nSPS) is 14.5. The highest BCUT2D eigenvalue weighted by Gasteiger charge is 2.21. The number of carbonyl (C=O) groups is 1. The smallest absolute Gasteiger partial charge is 0.133 e. The van der Waals surface area contributed by atoms with Crippen LogP contribution >= 0.6 is 0 Å². The number of benzene rings is 1. The van der Waals surface area contributed by atoms with E-state index in [2.05, 4.69) is 18.4 Å². The number of hydrogen-bond acceptors (Lipinski definition) is 2. The van der Waals surface area contributed by atoms with Crippen molar-refractivity contribution in [1.29, 1.82) is 0 Å². The van der Waals surface area contributed by atoms with E-state index in [0.717, 1.165) is 5.75 Å². The molecule has 15 heavy (non-hydrogen) atoms. The zero-order valence-electron chi connectivity index (χ0n) is 9.10. The lowest BCUT2D eigenvalue weighted by Gasteiger charge is -2.12. The number of carbonyl (C=O) groups excluding carboxylic acids is 1. The molecule has 0 aromatic heterocycles. The fraction of sp³-hybridized carbons (Fsp3) is 0.417. The predicted octanol–water partition coefficient (Wildman–Crippen LogP) is 0.963. The molecule has 0 aliphatic carbocycles.